The van der Waals surface area contributed by atoms with Gasteiger partial charge in [0, 0.05) is 19.1 Å². The minimum atomic E-state index is -4.32. The fourth-order valence-corrected chi connectivity index (χ4v) is 4.87. The van der Waals surface area contributed by atoms with Crippen LogP contribution in [0.4, 0.5) is 13.2 Å². The van der Waals surface area contributed by atoms with Gasteiger partial charge in [0.05, 0.1) is 26.6 Å². The minimum Gasteiger partial charge on any atom is -0.373 e. The molecule has 1 heterocycles. The van der Waals surface area contributed by atoms with E-state index in [1.165, 1.54) is 6.07 Å². The van der Waals surface area contributed by atoms with Crippen molar-refractivity contribution in [2.75, 3.05) is 13.1 Å². The highest BCUT2D eigenvalue weighted by Gasteiger charge is 2.38. The third kappa shape index (κ3) is 5.33. The van der Waals surface area contributed by atoms with Crippen molar-refractivity contribution in [3.63, 3.8) is 0 Å². The summed E-state index contributed by atoms with van der Waals surface area (Å²) in [5.41, 5.74) is -0.00486. The molecule has 0 spiro atoms. The van der Waals surface area contributed by atoms with Crippen LogP contribution >= 0.6 is 0 Å². The first-order valence-electron chi connectivity index (χ1n) is 9.74. The molecule has 2 nitrogen and oxygen atoms in total. The Labute approximate surface area is 157 Å². The first-order chi connectivity index (χ1) is 12.1. The number of benzene rings is 1. The number of unbranched alkanes of at least 4 members (excludes halogenated alkanes) is 1. The largest absolute Gasteiger partial charge is 0.416 e. The van der Waals surface area contributed by atoms with Gasteiger partial charge in [0.2, 0.25) is 0 Å². The van der Waals surface area contributed by atoms with Crippen molar-refractivity contribution in [2.24, 2.45) is 0 Å². The van der Waals surface area contributed by atoms with Gasteiger partial charge in [-0.3, -0.25) is 4.90 Å². The second-order valence-electron chi connectivity index (χ2n) is 7.87. The minimum absolute atomic E-state index is 0.0415. The van der Waals surface area contributed by atoms with Gasteiger partial charge < -0.3 is 4.74 Å². The number of nitrogens with zero attached hydrogens (tertiary/aromatic N) is 1. The summed E-state index contributed by atoms with van der Waals surface area (Å²) in [6, 6.07) is 4.65. The van der Waals surface area contributed by atoms with E-state index in [0.717, 1.165) is 24.4 Å². The van der Waals surface area contributed by atoms with Gasteiger partial charge in [-0.05, 0) is 31.9 Å². The molecule has 0 aromatic heterocycles. The summed E-state index contributed by atoms with van der Waals surface area (Å²) in [6.07, 6.45) is -1.58. The monoisotopic (exact) mass is 387 g/mol. The van der Waals surface area contributed by atoms with Gasteiger partial charge in [-0.2, -0.15) is 13.2 Å². The summed E-state index contributed by atoms with van der Waals surface area (Å²) in [5, 5.41) is 1.10. The molecule has 0 N–H and O–H groups in total. The van der Waals surface area contributed by atoms with Crippen LogP contribution in [0, 0.1) is 0 Å². The Hall–Kier alpha value is -0.853. The molecule has 148 valence electrons. The van der Waals surface area contributed by atoms with Gasteiger partial charge in [-0.1, -0.05) is 50.2 Å². The maximum Gasteiger partial charge on any atom is 0.416 e. The smallest absolute Gasteiger partial charge is 0.373 e. The van der Waals surface area contributed by atoms with Crippen molar-refractivity contribution in [3.05, 3.63) is 29.3 Å². The molecule has 6 heteroatoms. The molecule has 0 bridgehead atoms. The SMILES string of the molecule is CCCCC(c1cc([SiH](C)C)ccc1C(F)(F)F)N1CC(C)OC(C)C1. The second-order valence-corrected chi connectivity index (χ2v) is 10.8. The lowest BCUT2D eigenvalue weighted by Crippen LogP contribution is -2.47. The third-order valence-corrected chi connectivity index (χ3v) is 6.82. The number of halogens is 3. The van der Waals surface area contributed by atoms with Crippen LogP contribution in [0.25, 0.3) is 0 Å². The predicted octanol–water partition coefficient (Wildman–Crippen LogP) is 4.74. The van der Waals surface area contributed by atoms with Crippen LogP contribution < -0.4 is 5.19 Å². The van der Waals surface area contributed by atoms with E-state index in [1.54, 1.807) is 6.07 Å². The quantitative estimate of drug-likeness (QED) is 0.654. The van der Waals surface area contributed by atoms with Gasteiger partial charge in [-0.25, -0.2) is 0 Å². The number of ether oxygens (including phenoxy) is 1. The summed E-state index contributed by atoms with van der Waals surface area (Å²) in [6.45, 7) is 11.8. The fraction of sp³-hybridized carbons (Fsp3) is 0.700. The molecular formula is C20H32F3NOSi. The molecule has 1 aromatic carbocycles. The molecule has 0 radical (unpaired) electrons. The van der Waals surface area contributed by atoms with E-state index < -0.39 is 20.5 Å². The maximum atomic E-state index is 13.8. The van der Waals surface area contributed by atoms with E-state index in [4.69, 9.17) is 4.74 Å². The molecule has 0 amide bonds. The molecule has 0 aliphatic carbocycles. The molecule has 1 aliphatic rings. The zero-order valence-corrected chi connectivity index (χ0v) is 17.7. The third-order valence-electron chi connectivity index (χ3n) is 5.13. The Bertz CT molecular complexity index is 581. The van der Waals surface area contributed by atoms with Crippen LogP contribution in [-0.4, -0.2) is 39.0 Å². The van der Waals surface area contributed by atoms with Crippen molar-refractivity contribution >= 4 is 14.0 Å². The van der Waals surface area contributed by atoms with Gasteiger partial charge >= 0.3 is 6.18 Å². The Morgan fingerprint density at radius 3 is 2.31 bits per heavy atom. The predicted molar refractivity (Wildman–Crippen MR) is 104 cm³/mol. The summed E-state index contributed by atoms with van der Waals surface area (Å²) >= 11 is 0. The molecule has 1 aromatic rings. The average Bonchev–Trinajstić information content (AvgIpc) is 2.53. The lowest BCUT2D eigenvalue weighted by atomic mass is 9.93. The Balaban J connectivity index is 2.49. The zero-order valence-electron chi connectivity index (χ0n) is 16.6. The van der Waals surface area contributed by atoms with Crippen molar-refractivity contribution in [3.8, 4) is 0 Å². The molecular weight excluding hydrogens is 355 g/mol. The lowest BCUT2D eigenvalue weighted by molar-refractivity contribution is -0.139. The van der Waals surface area contributed by atoms with Crippen LogP contribution in [-0.2, 0) is 10.9 Å². The molecule has 3 unspecified atom stereocenters. The number of rotatable bonds is 6. The highest BCUT2D eigenvalue weighted by molar-refractivity contribution is 6.70. The van der Waals surface area contributed by atoms with Gasteiger partial charge in [0.1, 0.15) is 0 Å². The molecule has 1 fully saturated rings. The van der Waals surface area contributed by atoms with Crippen molar-refractivity contribution in [1.29, 1.82) is 0 Å². The number of hydrogen-bond donors (Lipinski definition) is 0. The molecule has 1 saturated heterocycles. The zero-order chi connectivity index (χ0) is 19.5. The van der Waals surface area contributed by atoms with Crippen LogP contribution in [0.2, 0.25) is 13.1 Å². The highest BCUT2D eigenvalue weighted by Crippen LogP contribution is 2.38. The summed E-state index contributed by atoms with van der Waals surface area (Å²) in [5.74, 6) is 0. The van der Waals surface area contributed by atoms with Crippen molar-refractivity contribution < 1.29 is 17.9 Å². The Morgan fingerprint density at radius 1 is 1.19 bits per heavy atom. The average molecular weight is 388 g/mol. The van der Waals surface area contributed by atoms with Crippen LogP contribution in [0.1, 0.15) is 57.2 Å². The second kappa shape index (κ2) is 8.89. The van der Waals surface area contributed by atoms with E-state index in [0.29, 0.717) is 18.7 Å². The molecule has 1 aliphatic heterocycles. The summed E-state index contributed by atoms with van der Waals surface area (Å²) < 4.78 is 47.1. The summed E-state index contributed by atoms with van der Waals surface area (Å²) in [4.78, 5) is 2.21. The van der Waals surface area contributed by atoms with Crippen LogP contribution in [0.5, 0.6) is 0 Å². The number of alkyl halides is 3. The normalized spacial score (nSPS) is 23.4. The van der Waals surface area contributed by atoms with E-state index in [1.807, 2.05) is 19.9 Å². The van der Waals surface area contributed by atoms with Gasteiger partial charge in [0.25, 0.3) is 0 Å². The molecule has 3 atom stereocenters. The standard InChI is InChI=1S/C20H32F3NOSi/c1-6-7-8-19(24-12-14(2)25-15(3)13-24)17-11-16(26(4)5)9-10-18(17)20(21,22)23/h9-11,14-15,19,26H,6-8,12-13H2,1-5H3. The Morgan fingerprint density at radius 2 is 1.81 bits per heavy atom. The van der Waals surface area contributed by atoms with Gasteiger partial charge in [0.15, 0.2) is 0 Å². The first kappa shape index (κ1) is 21.4. The molecule has 26 heavy (non-hydrogen) atoms. The maximum absolute atomic E-state index is 13.8. The molecule has 2 rings (SSSR count). The fourth-order valence-electron chi connectivity index (χ4n) is 3.88. The van der Waals surface area contributed by atoms with E-state index in [9.17, 15) is 13.2 Å². The highest BCUT2D eigenvalue weighted by atomic mass is 28.3. The van der Waals surface area contributed by atoms with Crippen LogP contribution in [0.3, 0.4) is 0 Å². The number of morpholine rings is 1. The van der Waals surface area contributed by atoms with E-state index in [2.05, 4.69) is 24.9 Å². The number of hydrogen-bond acceptors (Lipinski definition) is 2. The first-order valence-corrected chi connectivity index (χ1v) is 12.6. The van der Waals surface area contributed by atoms with E-state index >= 15 is 0 Å². The summed E-state index contributed by atoms with van der Waals surface area (Å²) in [7, 11) is -1.18. The van der Waals surface area contributed by atoms with E-state index in [-0.39, 0.29) is 18.2 Å². The Kier molecular flexibility index (Phi) is 7.33. The van der Waals surface area contributed by atoms with Crippen molar-refractivity contribution in [1.82, 2.24) is 4.90 Å². The van der Waals surface area contributed by atoms with Crippen LogP contribution in [0.15, 0.2) is 18.2 Å². The lowest BCUT2D eigenvalue weighted by Gasteiger charge is -2.41. The molecule has 0 saturated carbocycles. The van der Waals surface area contributed by atoms with Crippen molar-refractivity contribution in [2.45, 2.75) is 77.6 Å². The topological polar surface area (TPSA) is 12.5 Å². The van der Waals surface area contributed by atoms with Gasteiger partial charge in [-0.15, -0.1) is 0 Å².